The predicted molar refractivity (Wildman–Crippen MR) is 313 cm³/mol. The Labute approximate surface area is 505 Å². The minimum atomic E-state index is -2.02. The van der Waals surface area contributed by atoms with Gasteiger partial charge in [-0.3, -0.25) is 4.79 Å². The van der Waals surface area contributed by atoms with Gasteiger partial charge in [-0.05, 0) is 26.2 Å². The van der Waals surface area contributed by atoms with Gasteiger partial charge in [-0.15, -0.1) is 0 Å². The van der Waals surface area contributed by atoms with E-state index in [-0.39, 0.29) is 12.3 Å². The first-order valence-electron chi connectivity index (χ1n) is 32.8. The van der Waals surface area contributed by atoms with E-state index in [2.05, 4.69) is 19.2 Å². The van der Waals surface area contributed by atoms with E-state index in [4.69, 9.17) is 37.9 Å². The van der Waals surface area contributed by atoms with Gasteiger partial charge in [-0.1, -0.05) is 193 Å². The molecule has 23 heteroatoms. The second-order valence-corrected chi connectivity index (χ2v) is 24.3. The summed E-state index contributed by atoms with van der Waals surface area (Å²) in [4.78, 5) is 13.5. The molecule has 0 aromatic rings. The summed E-state index contributed by atoms with van der Waals surface area (Å²) in [6.45, 7) is 2.73. The first-order valence-corrected chi connectivity index (χ1v) is 32.8. The highest BCUT2D eigenvalue weighted by molar-refractivity contribution is 5.76. The molecule has 23 nitrogen and oxygen atoms in total. The van der Waals surface area contributed by atoms with Crippen molar-refractivity contribution in [2.45, 2.75) is 348 Å². The molecule has 0 aliphatic carbocycles. The molecular formula is C62H115NO22. The van der Waals surface area contributed by atoms with Crippen LogP contribution in [0.2, 0.25) is 0 Å². The summed E-state index contributed by atoms with van der Waals surface area (Å²) in [5.74, 6) is -0.310. The van der Waals surface area contributed by atoms with Crippen molar-refractivity contribution in [2.75, 3.05) is 26.4 Å². The van der Waals surface area contributed by atoms with Crippen molar-refractivity contribution in [1.29, 1.82) is 0 Å². The number of ether oxygens (including phenoxy) is 8. The SMILES string of the molecule is CCCCCCCCCCCCC/C=C/[C@@H](O)[C@H](CO[C@@H]1OC(CO)[C@@H](O[C@@H]2OC(CO)[C@H](O)[C@H](O[C@H]3OC(CO)[C@H](O)[C@H](O)C3O)C2O[C@H]2OC(C)[C@@H](O)C(O)[C@@H]2O)[C@H](O)C1O)NC(=O)CCCCCCCCCCCCCCCCCCC. The van der Waals surface area contributed by atoms with E-state index in [1.165, 1.54) is 135 Å². The first-order chi connectivity index (χ1) is 41.0. The zero-order chi connectivity index (χ0) is 62.1. The van der Waals surface area contributed by atoms with E-state index >= 15 is 0 Å². The van der Waals surface area contributed by atoms with Crippen LogP contribution in [0.25, 0.3) is 0 Å². The Hall–Kier alpha value is -1.63. The van der Waals surface area contributed by atoms with Crippen molar-refractivity contribution in [1.82, 2.24) is 5.32 Å². The van der Waals surface area contributed by atoms with Crippen LogP contribution in [0, 0.1) is 0 Å². The molecule has 0 radical (unpaired) electrons. The number of unbranched alkanes of at least 4 members (excludes halogenated alkanes) is 27. The van der Waals surface area contributed by atoms with Crippen molar-refractivity contribution in [3.63, 3.8) is 0 Å². The summed E-state index contributed by atoms with van der Waals surface area (Å²) >= 11 is 0. The summed E-state index contributed by atoms with van der Waals surface area (Å²) in [7, 11) is 0. The molecular weight excluding hydrogens is 1110 g/mol. The fourth-order valence-electron chi connectivity index (χ4n) is 11.6. The van der Waals surface area contributed by atoms with Gasteiger partial charge >= 0.3 is 0 Å². The Morgan fingerprint density at radius 3 is 1.34 bits per heavy atom. The number of carbonyl (C=O) groups is 1. The summed E-state index contributed by atoms with van der Waals surface area (Å²) in [6, 6.07) is -1.03. The van der Waals surface area contributed by atoms with Gasteiger partial charge in [0.05, 0.1) is 44.7 Å². The summed E-state index contributed by atoms with van der Waals surface area (Å²) in [6.07, 6.45) is 0.994. The van der Waals surface area contributed by atoms with E-state index in [0.717, 1.165) is 44.9 Å². The van der Waals surface area contributed by atoms with Crippen molar-refractivity contribution in [2.24, 2.45) is 0 Å². The fraction of sp³-hybridized carbons (Fsp3) is 0.952. The van der Waals surface area contributed by atoms with Crippen LogP contribution in [0.3, 0.4) is 0 Å². The van der Waals surface area contributed by atoms with Crippen LogP contribution >= 0.6 is 0 Å². The molecule has 85 heavy (non-hydrogen) atoms. The lowest BCUT2D eigenvalue weighted by molar-refractivity contribution is -0.405. The molecule has 4 fully saturated rings. The number of rotatable bonds is 45. The number of amides is 1. The zero-order valence-corrected chi connectivity index (χ0v) is 51.4. The Morgan fingerprint density at radius 2 is 0.835 bits per heavy atom. The topological polar surface area (TPSA) is 366 Å². The molecule has 14 N–H and O–H groups in total. The van der Waals surface area contributed by atoms with Crippen LogP contribution in [-0.4, -0.2) is 234 Å². The largest absolute Gasteiger partial charge is 0.394 e. The Kier molecular flexibility index (Phi) is 38.5. The van der Waals surface area contributed by atoms with Gasteiger partial charge in [0, 0.05) is 6.42 Å². The highest BCUT2D eigenvalue weighted by Crippen LogP contribution is 2.36. The van der Waals surface area contributed by atoms with Crippen LogP contribution in [0.15, 0.2) is 12.2 Å². The molecule has 1 amide bonds. The highest BCUT2D eigenvalue weighted by atomic mass is 16.8. The number of nitrogens with one attached hydrogen (secondary N) is 1. The molecule has 4 heterocycles. The highest BCUT2D eigenvalue weighted by Gasteiger charge is 2.56. The number of aliphatic hydroxyl groups is 13. The Bertz CT molecular complexity index is 1720. The molecule has 8 unspecified atom stereocenters. The van der Waals surface area contributed by atoms with Crippen LogP contribution in [-0.2, 0) is 42.7 Å². The maximum Gasteiger partial charge on any atom is 0.220 e. The van der Waals surface area contributed by atoms with Crippen LogP contribution in [0.4, 0.5) is 0 Å². The second-order valence-electron chi connectivity index (χ2n) is 24.3. The van der Waals surface area contributed by atoms with Crippen LogP contribution in [0.5, 0.6) is 0 Å². The molecule has 0 bridgehead atoms. The van der Waals surface area contributed by atoms with E-state index in [9.17, 15) is 71.2 Å². The maximum atomic E-state index is 13.5. The van der Waals surface area contributed by atoms with Gasteiger partial charge in [-0.25, -0.2) is 0 Å². The van der Waals surface area contributed by atoms with Gasteiger partial charge in [0.2, 0.25) is 5.91 Å². The molecule has 4 rings (SSSR count). The van der Waals surface area contributed by atoms with Gasteiger partial charge in [-0.2, -0.15) is 0 Å². The number of carbonyl (C=O) groups excluding carboxylic acids is 1. The summed E-state index contributed by atoms with van der Waals surface area (Å²) in [5.41, 5.74) is 0. The average molecular weight is 1230 g/mol. The summed E-state index contributed by atoms with van der Waals surface area (Å²) in [5, 5.41) is 144. The molecule has 4 aliphatic heterocycles. The van der Waals surface area contributed by atoms with Gasteiger partial charge in [0.1, 0.15) is 91.6 Å². The first kappa shape index (κ1) is 75.8. The third-order valence-corrected chi connectivity index (χ3v) is 17.2. The number of hydrogen-bond acceptors (Lipinski definition) is 22. The molecule has 4 aliphatic rings. The standard InChI is InChI=1S/C62H115NO22/c1-4-6-8-10-12-14-16-18-19-20-21-23-25-27-29-31-33-35-46(68)63-41(42(67)34-32-30-28-26-24-22-17-15-13-11-9-7-5-2)39-78-59-55(77)52(74)56(45(38-66)82-59)83-62-58(85-60-53(75)50(72)47(69)40(3)79-60)57(49(71)44(37-65)81-62)84-61-54(76)51(73)48(70)43(36-64)80-61/h32,34,40-45,47-62,64-67,69-77H,4-31,33,35-39H2,1-3H3,(H,63,68)/b34-32+/t40?,41-,42+,43?,44?,45?,47+,48-,49-,50?,51-,52+,53-,54?,55?,56+,57-,58?,59+,60+,61+,62-/m0/s1. The third kappa shape index (κ3) is 25.9. The van der Waals surface area contributed by atoms with Gasteiger partial charge in [0.15, 0.2) is 25.2 Å². The molecule has 0 saturated carbocycles. The second kappa shape index (κ2) is 43.2. The van der Waals surface area contributed by atoms with E-state index < -0.39 is 161 Å². The average Bonchev–Trinajstić information content (AvgIpc) is 2.87. The van der Waals surface area contributed by atoms with Gasteiger partial charge < -0.3 is 110 Å². The Morgan fingerprint density at radius 1 is 0.435 bits per heavy atom. The lowest BCUT2D eigenvalue weighted by Crippen LogP contribution is -2.68. The molecule has 0 aromatic heterocycles. The zero-order valence-electron chi connectivity index (χ0n) is 51.4. The van der Waals surface area contributed by atoms with Crippen LogP contribution in [0.1, 0.15) is 213 Å². The van der Waals surface area contributed by atoms with Crippen molar-refractivity contribution in [3.05, 3.63) is 12.2 Å². The van der Waals surface area contributed by atoms with E-state index in [1.807, 2.05) is 6.08 Å². The molecule has 500 valence electrons. The van der Waals surface area contributed by atoms with E-state index in [0.29, 0.717) is 12.8 Å². The molecule has 0 spiro atoms. The summed E-state index contributed by atoms with van der Waals surface area (Å²) < 4.78 is 47.3. The Balaban J connectivity index is 1.40. The van der Waals surface area contributed by atoms with Crippen LogP contribution < -0.4 is 5.32 Å². The lowest BCUT2D eigenvalue weighted by atomic mass is 9.95. The number of aliphatic hydroxyl groups excluding tert-OH is 13. The normalized spacial score (nSPS) is 34.4. The quantitative estimate of drug-likeness (QED) is 0.0307. The molecule has 4 saturated heterocycles. The molecule has 22 atom stereocenters. The fourth-order valence-corrected chi connectivity index (χ4v) is 11.6. The molecule has 0 aromatic carbocycles. The number of allylic oxidation sites excluding steroid dienone is 1. The van der Waals surface area contributed by atoms with Gasteiger partial charge in [0.25, 0.3) is 0 Å². The minimum absolute atomic E-state index is 0.209. The maximum absolute atomic E-state index is 13.5. The lowest BCUT2D eigenvalue weighted by Gasteiger charge is -2.50. The number of hydrogen-bond donors (Lipinski definition) is 14. The van der Waals surface area contributed by atoms with Crippen molar-refractivity contribution in [3.8, 4) is 0 Å². The third-order valence-electron chi connectivity index (χ3n) is 17.2. The minimum Gasteiger partial charge on any atom is -0.394 e. The van der Waals surface area contributed by atoms with Crippen molar-refractivity contribution < 1.29 is 109 Å². The smallest absolute Gasteiger partial charge is 0.220 e. The monoisotopic (exact) mass is 1230 g/mol. The van der Waals surface area contributed by atoms with E-state index in [1.54, 1.807) is 6.08 Å². The predicted octanol–water partition coefficient (Wildman–Crippen LogP) is 3.45. The van der Waals surface area contributed by atoms with Crippen molar-refractivity contribution >= 4 is 5.91 Å².